The van der Waals surface area contributed by atoms with Gasteiger partial charge in [0.1, 0.15) is 5.75 Å². The van der Waals surface area contributed by atoms with Crippen molar-refractivity contribution < 1.29 is 64.4 Å². The second kappa shape index (κ2) is 15.6. The fourth-order valence-corrected chi connectivity index (χ4v) is 3.35. The molecule has 1 aromatic rings. The molecule has 0 radical (unpaired) electrons. The number of guanidine groups is 1. The number of carboxylic acid groups (broad SMARTS) is 1. The molecule has 0 saturated heterocycles. The first-order chi connectivity index (χ1) is 16.2. The molecule has 12 nitrogen and oxygen atoms in total. The average molecular weight is 502 g/mol. The summed E-state index contributed by atoms with van der Waals surface area (Å²) in [5.74, 6) is -2.55. The summed E-state index contributed by atoms with van der Waals surface area (Å²) < 4.78 is 0. The van der Waals surface area contributed by atoms with Crippen LogP contribution >= 0.6 is 0 Å². The van der Waals surface area contributed by atoms with Crippen molar-refractivity contribution >= 4 is 29.4 Å². The molecule has 3 atom stereocenters. The van der Waals surface area contributed by atoms with Gasteiger partial charge in [-0.25, -0.2) is 0 Å². The quantitative estimate of drug-likeness (QED) is 0.109. The average Bonchev–Trinajstić information content (AvgIpc) is 2.78. The topological polar surface area (TPSA) is 195 Å². The minimum Gasteiger partial charge on any atom is -0.550 e. The summed E-state index contributed by atoms with van der Waals surface area (Å²) >= 11 is 0. The van der Waals surface area contributed by atoms with Crippen LogP contribution in [0.1, 0.15) is 49.4 Å². The summed E-state index contributed by atoms with van der Waals surface area (Å²) in [6, 6.07) is 3.00. The molecular weight excluding hydrogens is 469 g/mol. The number of rotatable bonds is 12. The summed E-state index contributed by atoms with van der Waals surface area (Å²) in [6.45, 7) is 2.05. The molecule has 3 unspecified atom stereocenters. The molecule has 1 aliphatic rings. The first-order valence-electron chi connectivity index (χ1n) is 11.2. The van der Waals surface area contributed by atoms with Gasteiger partial charge in [-0.3, -0.25) is 14.6 Å². The molecular formula is C22H32N5NaO7. The molecule has 1 aliphatic heterocycles. The molecule has 0 aromatic heterocycles. The number of aliphatic hydroxyl groups is 2. The molecule has 0 fully saturated rings. The van der Waals surface area contributed by atoms with Gasteiger partial charge in [0.15, 0.2) is 5.96 Å². The van der Waals surface area contributed by atoms with E-state index in [4.69, 9.17) is 0 Å². The second-order valence-electron chi connectivity index (χ2n) is 8.11. The first-order valence-corrected chi connectivity index (χ1v) is 11.2. The number of carboxylic acids is 1. The molecule has 0 spiro atoms. The van der Waals surface area contributed by atoms with Crippen molar-refractivity contribution in [1.82, 2.24) is 16.0 Å². The van der Waals surface area contributed by atoms with E-state index in [0.717, 1.165) is 12.8 Å². The molecule has 35 heavy (non-hydrogen) atoms. The third-order valence-electron chi connectivity index (χ3n) is 5.12. The third kappa shape index (κ3) is 11.3. The van der Waals surface area contributed by atoms with Crippen LogP contribution < -0.4 is 55.9 Å². The molecule has 0 bridgehead atoms. The normalized spacial score (nSPS) is 16.5. The number of nitrogens with one attached hydrogen (secondary N) is 4. The van der Waals surface area contributed by atoms with Crippen LogP contribution in [-0.2, 0) is 9.59 Å². The number of aromatic hydroxyl groups is 1. The predicted octanol–water partition coefficient (Wildman–Crippen LogP) is -4.58. The SMILES string of the molecule is CCCCCC(O)C(CC(=O)[O-])NC(=O)CNC(=O)c1cc(O)cc(NC2=NCC(O)CN2)c1.[Na+]. The zero-order valence-corrected chi connectivity index (χ0v) is 22.0. The van der Waals surface area contributed by atoms with E-state index < -0.39 is 49.0 Å². The van der Waals surface area contributed by atoms with E-state index in [1.807, 2.05) is 6.92 Å². The van der Waals surface area contributed by atoms with E-state index in [0.29, 0.717) is 31.0 Å². The maximum absolute atomic E-state index is 12.5. The monoisotopic (exact) mass is 501 g/mol. The van der Waals surface area contributed by atoms with Crippen LogP contribution in [0, 0.1) is 0 Å². The van der Waals surface area contributed by atoms with Gasteiger partial charge in [0.2, 0.25) is 5.91 Å². The number of aliphatic imine (C=N–C) groups is 1. The van der Waals surface area contributed by atoms with Gasteiger partial charge in [-0.05, 0) is 18.6 Å². The minimum atomic E-state index is -1.41. The van der Waals surface area contributed by atoms with Gasteiger partial charge < -0.3 is 46.5 Å². The standard InChI is InChI=1S/C22H33N5O7.Na/c1-2-3-4-5-18(30)17(9-20(32)33)27-19(31)12-23-21(34)13-6-14(8-15(28)7-13)26-22-24-10-16(29)11-25-22;/h6-8,16-18,28-30H,2-5,9-12H2,1H3,(H,23,34)(H,27,31)(H,32,33)(H2,24,25,26);/q;+1/p-1. The van der Waals surface area contributed by atoms with Gasteiger partial charge in [-0.15, -0.1) is 0 Å². The van der Waals surface area contributed by atoms with E-state index in [-0.39, 0.29) is 47.4 Å². The number of β-amino-alcohol motifs (C(OH)–C–C–N with tert-alkyl or cyclic N) is 1. The van der Waals surface area contributed by atoms with Crippen LogP contribution in [0.2, 0.25) is 0 Å². The van der Waals surface area contributed by atoms with Crippen molar-refractivity contribution in [1.29, 1.82) is 0 Å². The van der Waals surface area contributed by atoms with Crippen LogP contribution in [0.25, 0.3) is 0 Å². The van der Waals surface area contributed by atoms with Gasteiger partial charge >= 0.3 is 29.6 Å². The zero-order valence-electron chi connectivity index (χ0n) is 20.0. The summed E-state index contributed by atoms with van der Waals surface area (Å²) in [5.41, 5.74) is 0.430. The van der Waals surface area contributed by atoms with Crippen molar-refractivity contribution in [3.8, 4) is 5.75 Å². The number of phenols is 1. The van der Waals surface area contributed by atoms with E-state index in [1.165, 1.54) is 18.2 Å². The summed E-state index contributed by atoms with van der Waals surface area (Å²) in [4.78, 5) is 39.9. The van der Waals surface area contributed by atoms with Crippen molar-refractivity contribution in [2.24, 2.45) is 4.99 Å². The molecule has 1 aromatic carbocycles. The third-order valence-corrected chi connectivity index (χ3v) is 5.12. The molecule has 2 rings (SSSR count). The summed E-state index contributed by atoms with van der Waals surface area (Å²) in [6.07, 6.45) is 0.610. The fourth-order valence-electron chi connectivity index (χ4n) is 3.35. The van der Waals surface area contributed by atoms with Crippen LogP contribution in [0.5, 0.6) is 5.75 Å². The number of anilines is 1. The Balaban J connectivity index is 0.00000612. The maximum atomic E-state index is 12.5. The molecule has 7 N–H and O–H groups in total. The molecule has 0 saturated carbocycles. The number of hydrogen-bond acceptors (Lipinski definition) is 10. The Kier molecular flexibility index (Phi) is 13.6. The van der Waals surface area contributed by atoms with Crippen LogP contribution in [0.4, 0.5) is 5.69 Å². The predicted molar refractivity (Wildman–Crippen MR) is 122 cm³/mol. The van der Waals surface area contributed by atoms with E-state index >= 15 is 0 Å². The molecule has 188 valence electrons. The number of aliphatic carboxylic acids is 1. The van der Waals surface area contributed by atoms with Crippen LogP contribution in [0.15, 0.2) is 23.2 Å². The van der Waals surface area contributed by atoms with E-state index in [2.05, 4.69) is 26.3 Å². The first kappa shape index (κ1) is 30.7. The number of aliphatic hydroxyl groups excluding tert-OH is 2. The number of carbonyl (C=O) groups excluding carboxylic acids is 3. The number of benzene rings is 1. The van der Waals surface area contributed by atoms with Gasteiger partial charge in [-0.1, -0.05) is 26.2 Å². The van der Waals surface area contributed by atoms with Crippen molar-refractivity contribution in [2.45, 2.75) is 57.3 Å². The van der Waals surface area contributed by atoms with Gasteiger partial charge in [0, 0.05) is 36.3 Å². The van der Waals surface area contributed by atoms with E-state index in [9.17, 15) is 34.8 Å². The van der Waals surface area contributed by atoms with Crippen LogP contribution in [0.3, 0.4) is 0 Å². The molecule has 1 heterocycles. The second-order valence-corrected chi connectivity index (χ2v) is 8.11. The Morgan fingerprint density at radius 1 is 1.26 bits per heavy atom. The Morgan fingerprint density at radius 2 is 2.00 bits per heavy atom. The number of carbonyl (C=O) groups is 3. The minimum absolute atomic E-state index is 0. The molecule has 2 amide bonds. The zero-order chi connectivity index (χ0) is 25.1. The number of nitrogens with zero attached hydrogens (tertiary/aromatic N) is 1. The van der Waals surface area contributed by atoms with Gasteiger partial charge in [0.05, 0.1) is 31.3 Å². The summed E-state index contributed by atoms with van der Waals surface area (Å²) in [5, 5.41) is 51.3. The van der Waals surface area contributed by atoms with Crippen molar-refractivity contribution in [3.63, 3.8) is 0 Å². The maximum Gasteiger partial charge on any atom is 1.00 e. The number of amides is 2. The van der Waals surface area contributed by atoms with Gasteiger partial charge in [-0.2, -0.15) is 0 Å². The Bertz CT molecular complexity index is 899. The smallest absolute Gasteiger partial charge is 0.550 e. The van der Waals surface area contributed by atoms with Crippen molar-refractivity contribution in [3.05, 3.63) is 23.8 Å². The van der Waals surface area contributed by atoms with Crippen molar-refractivity contribution in [2.75, 3.05) is 25.0 Å². The Labute approximate surface area is 225 Å². The van der Waals surface area contributed by atoms with E-state index in [1.54, 1.807) is 0 Å². The Morgan fingerprint density at radius 3 is 2.63 bits per heavy atom. The molecule has 0 aliphatic carbocycles. The summed E-state index contributed by atoms with van der Waals surface area (Å²) in [7, 11) is 0. The van der Waals surface area contributed by atoms with Gasteiger partial charge in [0.25, 0.3) is 5.91 Å². The number of unbranched alkanes of at least 4 members (excludes halogenated alkanes) is 2. The fraction of sp³-hybridized carbons (Fsp3) is 0.545. The largest absolute Gasteiger partial charge is 1.00 e. The molecule has 13 heteroatoms. The number of phenolic OH excluding ortho intramolecular Hbond substituents is 1. The number of hydrogen-bond donors (Lipinski definition) is 7. The van der Waals surface area contributed by atoms with Crippen LogP contribution in [-0.4, -0.2) is 76.9 Å². The Hall–Kier alpha value is -2.38.